The maximum absolute atomic E-state index is 8.50. The summed E-state index contributed by atoms with van der Waals surface area (Å²) in [5.41, 5.74) is 0. The quantitative estimate of drug-likeness (QED) is 0.603. The van der Waals surface area contributed by atoms with Gasteiger partial charge < -0.3 is 0 Å². The molecule has 1 N–H and O–H groups in total. The molecule has 0 aliphatic heterocycles. The van der Waals surface area contributed by atoms with Crippen LogP contribution in [0.4, 0.5) is 0 Å². The van der Waals surface area contributed by atoms with Crippen molar-refractivity contribution in [2.75, 3.05) is 13.2 Å². The van der Waals surface area contributed by atoms with E-state index < -0.39 is 0 Å². The Bertz CT molecular complexity index is 233. The van der Waals surface area contributed by atoms with Gasteiger partial charge in [0.05, 0.1) is 0 Å². The first-order valence-corrected chi connectivity index (χ1v) is 4.94. The van der Waals surface area contributed by atoms with Crippen LogP contribution in [0.25, 0.3) is 0 Å². The molecule has 0 saturated heterocycles. The van der Waals surface area contributed by atoms with Gasteiger partial charge in [-0.2, -0.15) is 0 Å². The molecule has 0 amide bonds. The Kier molecular flexibility index (Phi) is 3.80. The first-order valence-electron chi connectivity index (χ1n) is 3.21. The second kappa shape index (κ2) is 4.67. The number of aliphatic hydroxyl groups excluding tert-OH is 1. The minimum absolute atomic E-state index is 0.108. The molecule has 0 bridgehead atoms. The number of aliphatic hydroxyl groups is 1. The van der Waals surface area contributed by atoms with Gasteiger partial charge in [-0.25, -0.2) is 0 Å². The molecule has 4 heteroatoms. The number of aliphatic imine (C=N–C) groups is 1. The molecule has 0 aromatic carbocycles. The first kappa shape index (κ1) is 8.94. The number of rotatable bonds is 3. The standard InChI is InChI=1S/C7H8NOSSe/c9-4-3-8-7(11)6-2-1-5-10-6/h1-2,5,9H,3-4H2. The topological polar surface area (TPSA) is 32.6 Å². The van der Waals surface area contributed by atoms with Gasteiger partial charge in [-0.1, -0.05) is 0 Å². The van der Waals surface area contributed by atoms with Crippen molar-refractivity contribution in [3.63, 3.8) is 0 Å². The molecule has 1 heterocycles. The van der Waals surface area contributed by atoms with E-state index in [2.05, 4.69) is 21.0 Å². The summed E-state index contributed by atoms with van der Waals surface area (Å²) in [4.78, 5) is 5.23. The van der Waals surface area contributed by atoms with Crippen LogP contribution in [0.2, 0.25) is 0 Å². The van der Waals surface area contributed by atoms with Gasteiger partial charge in [0.25, 0.3) is 0 Å². The second-order valence-electron chi connectivity index (χ2n) is 1.89. The van der Waals surface area contributed by atoms with Crippen molar-refractivity contribution < 1.29 is 5.11 Å². The van der Waals surface area contributed by atoms with Crippen molar-refractivity contribution in [1.82, 2.24) is 0 Å². The zero-order valence-electron chi connectivity index (χ0n) is 5.86. The van der Waals surface area contributed by atoms with Gasteiger partial charge in [-0.3, -0.25) is 0 Å². The van der Waals surface area contributed by atoms with Gasteiger partial charge >= 0.3 is 77.6 Å². The Morgan fingerprint density at radius 2 is 2.55 bits per heavy atom. The van der Waals surface area contributed by atoms with Crippen molar-refractivity contribution in [2.45, 2.75) is 0 Å². The number of hydrogen-bond acceptors (Lipinski definition) is 3. The van der Waals surface area contributed by atoms with Crippen LogP contribution in [-0.4, -0.2) is 38.9 Å². The van der Waals surface area contributed by atoms with Crippen LogP contribution in [0.5, 0.6) is 0 Å². The molecule has 0 atom stereocenters. The third kappa shape index (κ3) is 2.75. The van der Waals surface area contributed by atoms with E-state index in [0.717, 1.165) is 9.49 Å². The summed E-state index contributed by atoms with van der Waals surface area (Å²) in [6.45, 7) is 0.580. The summed E-state index contributed by atoms with van der Waals surface area (Å²) < 4.78 is 0.883. The predicted molar refractivity (Wildman–Crippen MR) is 48.6 cm³/mol. The van der Waals surface area contributed by atoms with E-state index in [1.54, 1.807) is 11.3 Å². The van der Waals surface area contributed by atoms with Gasteiger partial charge in [0.2, 0.25) is 0 Å². The molecular weight excluding hydrogens is 225 g/mol. The van der Waals surface area contributed by atoms with Gasteiger partial charge in [0.15, 0.2) is 0 Å². The van der Waals surface area contributed by atoms with Gasteiger partial charge in [-0.05, 0) is 0 Å². The van der Waals surface area contributed by atoms with E-state index in [1.165, 1.54) is 0 Å². The Labute approximate surface area is 77.8 Å². The van der Waals surface area contributed by atoms with Gasteiger partial charge in [0.1, 0.15) is 0 Å². The van der Waals surface area contributed by atoms with Gasteiger partial charge in [-0.15, -0.1) is 0 Å². The molecule has 2 nitrogen and oxygen atoms in total. The summed E-state index contributed by atoms with van der Waals surface area (Å²) in [6.07, 6.45) is 0. The summed E-state index contributed by atoms with van der Waals surface area (Å²) in [6, 6.07) is 3.98. The van der Waals surface area contributed by atoms with Crippen LogP contribution in [0.1, 0.15) is 4.88 Å². The van der Waals surface area contributed by atoms with Crippen LogP contribution in [-0.2, 0) is 0 Å². The summed E-state index contributed by atoms with van der Waals surface area (Å²) in [7, 11) is 0. The van der Waals surface area contributed by atoms with Crippen LogP contribution in [0.3, 0.4) is 0 Å². The molecule has 0 saturated carbocycles. The average Bonchev–Trinajstić information content (AvgIpc) is 2.52. The van der Waals surface area contributed by atoms with Crippen molar-refractivity contribution in [1.29, 1.82) is 0 Å². The van der Waals surface area contributed by atoms with Crippen molar-refractivity contribution in [3.8, 4) is 0 Å². The van der Waals surface area contributed by atoms with E-state index in [4.69, 9.17) is 5.11 Å². The van der Waals surface area contributed by atoms with Crippen LogP contribution in [0.15, 0.2) is 22.5 Å². The van der Waals surface area contributed by atoms with Crippen LogP contribution >= 0.6 is 11.3 Å². The number of thiophene rings is 1. The monoisotopic (exact) mass is 234 g/mol. The Balaban J connectivity index is 2.62. The zero-order chi connectivity index (χ0) is 8.10. The number of nitrogens with zero attached hydrogens (tertiary/aromatic N) is 1. The van der Waals surface area contributed by atoms with Gasteiger partial charge in [0, 0.05) is 0 Å². The van der Waals surface area contributed by atoms with Crippen molar-refractivity contribution in [3.05, 3.63) is 22.4 Å². The van der Waals surface area contributed by atoms with E-state index in [-0.39, 0.29) is 6.61 Å². The fourth-order valence-corrected chi connectivity index (χ4v) is 1.89. The summed E-state index contributed by atoms with van der Waals surface area (Å²) >= 11 is 4.50. The summed E-state index contributed by atoms with van der Waals surface area (Å²) in [5, 5.41) is 10.5. The molecule has 1 radical (unpaired) electrons. The average molecular weight is 233 g/mol. The Morgan fingerprint density at radius 3 is 3.09 bits per heavy atom. The molecule has 1 aromatic rings. The molecule has 0 spiro atoms. The normalized spacial score (nSPS) is 11.9. The molecule has 0 fully saturated rings. The second-order valence-corrected chi connectivity index (χ2v) is 3.65. The fraction of sp³-hybridized carbons (Fsp3) is 0.286. The minimum atomic E-state index is 0.108. The van der Waals surface area contributed by atoms with E-state index in [9.17, 15) is 0 Å². The molecular formula is C7H8NOSSe. The van der Waals surface area contributed by atoms with E-state index >= 15 is 0 Å². The molecule has 0 aliphatic carbocycles. The maximum atomic E-state index is 8.50. The molecule has 1 aromatic heterocycles. The van der Waals surface area contributed by atoms with Crippen molar-refractivity contribution >= 4 is 32.0 Å². The first-order chi connectivity index (χ1) is 5.34. The molecule has 0 unspecified atom stereocenters. The Hall–Kier alpha value is -0.151. The molecule has 59 valence electrons. The SMILES string of the molecule is OCCN=C([Se])c1cccs1. The third-order valence-corrected chi connectivity index (χ3v) is 2.99. The van der Waals surface area contributed by atoms with Crippen LogP contribution in [0, 0.1) is 0 Å². The summed E-state index contributed by atoms with van der Waals surface area (Å²) in [5.74, 6) is 0. The van der Waals surface area contributed by atoms with Crippen molar-refractivity contribution in [2.24, 2.45) is 4.99 Å². The number of hydrogen-bond donors (Lipinski definition) is 1. The molecule has 11 heavy (non-hydrogen) atoms. The predicted octanol–water partition coefficient (Wildman–Crippen LogP) is 0.655. The fourth-order valence-electron chi connectivity index (χ4n) is 0.630. The van der Waals surface area contributed by atoms with E-state index in [1.807, 2.05) is 17.5 Å². The van der Waals surface area contributed by atoms with Crippen LogP contribution < -0.4 is 0 Å². The van der Waals surface area contributed by atoms with E-state index in [0.29, 0.717) is 6.54 Å². The zero-order valence-corrected chi connectivity index (χ0v) is 8.39. The Morgan fingerprint density at radius 1 is 1.73 bits per heavy atom. The molecule has 1 rings (SSSR count). The third-order valence-electron chi connectivity index (χ3n) is 1.09. The molecule has 0 aliphatic rings.